The van der Waals surface area contributed by atoms with Crippen LogP contribution in [0.15, 0.2) is 29.5 Å². The number of aromatic amines is 1. The van der Waals surface area contributed by atoms with E-state index in [9.17, 15) is 9.59 Å². The van der Waals surface area contributed by atoms with Crippen molar-refractivity contribution in [3.8, 4) is 0 Å². The number of carbonyl (C=O) groups is 1. The highest BCUT2D eigenvalue weighted by atomic mass is 32.1. The summed E-state index contributed by atoms with van der Waals surface area (Å²) in [5.41, 5.74) is 1.57. The zero-order valence-corrected chi connectivity index (χ0v) is 13.7. The number of fused-ring (bicyclic) bond motifs is 3. The molecule has 3 aromatic heterocycles. The number of thiophene rings is 1. The largest absolute Gasteiger partial charge is 0.359 e. The molecule has 1 aliphatic carbocycles. The first-order valence-electron chi connectivity index (χ1n) is 7.79. The molecule has 0 amide bonds. The Bertz CT molecular complexity index is 937. The van der Waals surface area contributed by atoms with E-state index in [1.54, 1.807) is 29.7 Å². The van der Waals surface area contributed by atoms with E-state index in [1.165, 1.54) is 15.8 Å². The van der Waals surface area contributed by atoms with Gasteiger partial charge < -0.3 is 4.98 Å². The van der Waals surface area contributed by atoms with Crippen LogP contribution in [0.1, 0.15) is 34.3 Å². The van der Waals surface area contributed by atoms with Crippen LogP contribution in [0.3, 0.4) is 0 Å². The van der Waals surface area contributed by atoms with E-state index in [0.717, 1.165) is 35.0 Å². The van der Waals surface area contributed by atoms with E-state index >= 15 is 0 Å². The van der Waals surface area contributed by atoms with Crippen LogP contribution in [0.25, 0.3) is 10.2 Å². The number of nitrogens with one attached hydrogen (secondary N) is 1. The molecule has 3 heterocycles. The van der Waals surface area contributed by atoms with Crippen LogP contribution < -0.4 is 5.56 Å². The molecule has 1 N–H and O–H groups in total. The molecule has 0 saturated carbocycles. The quantitative estimate of drug-likeness (QED) is 0.752. The van der Waals surface area contributed by atoms with Gasteiger partial charge in [-0.3, -0.25) is 14.2 Å². The fraction of sp³-hybridized carbons (Fsp3) is 0.353. The lowest BCUT2D eigenvalue weighted by Crippen LogP contribution is -2.25. The summed E-state index contributed by atoms with van der Waals surface area (Å²) in [6.45, 7) is 2.26. The molecule has 3 aromatic rings. The van der Waals surface area contributed by atoms with E-state index in [0.29, 0.717) is 11.6 Å². The molecule has 0 fully saturated rings. The average Bonchev–Trinajstić information content (AvgIpc) is 3.16. The lowest BCUT2D eigenvalue weighted by atomic mass is 9.89. The molecule has 1 atom stereocenters. The first kappa shape index (κ1) is 14.4. The normalized spacial score (nSPS) is 17.3. The first-order valence-corrected chi connectivity index (χ1v) is 8.61. The van der Waals surface area contributed by atoms with Crippen LogP contribution in [0.2, 0.25) is 0 Å². The molecule has 118 valence electrons. The zero-order chi connectivity index (χ0) is 16.0. The topological polar surface area (TPSA) is 67.8 Å². The van der Waals surface area contributed by atoms with Gasteiger partial charge in [-0.25, -0.2) is 4.98 Å². The van der Waals surface area contributed by atoms with Gasteiger partial charge in [0.2, 0.25) is 0 Å². The maximum Gasteiger partial charge on any atom is 0.262 e. The predicted octanol–water partition coefficient (Wildman–Crippen LogP) is 2.79. The second-order valence-corrected chi connectivity index (χ2v) is 7.30. The van der Waals surface area contributed by atoms with Crippen molar-refractivity contribution >= 4 is 27.3 Å². The van der Waals surface area contributed by atoms with Crippen molar-refractivity contribution in [2.45, 2.75) is 32.7 Å². The molecule has 1 aliphatic rings. The molecule has 0 spiro atoms. The van der Waals surface area contributed by atoms with Crippen LogP contribution >= 0.6 is 11.3 Å². The Balaban J connectivity index is 1.76. The number of aryl methyl sites for hydroxylation is 1. The van der Waals surface area contributed by atoms with Crippen molar-refractivity contribution in [3.63, 3.8) is 0 Å². The lowest BCUT2D eigenvalue weighted by Gasteiger charge is -2.17. The number of rotatable bonds is 3. The number of carbonyl (C=O) groups excluding carboxylic acids is 1. The summed E-state index contributed by atoms with van der Waals surface area (Å²) in [6, 6.07) is 3.49. The maximum atomic E-state index is 12.8. The summed E-state index contributed by atoms with van der Waals surface area (Å²) < 4.78 is 1.43. The zero-order valence-electron chi connectivity index (χ0n) is 12.8. The van der Waals surface area contributed by atoms with Gasteiger partial charge in [-0.2, -0.15) is 0 Å². The summed E-state index contributed by atoms with van der Waals surface area (Å²) in [5, 5.41) is 0.721. The van der Waals surface area contributed by atoms with E-state index in [2.05, 4.69) is 16.9 Å². The van der Waals surface area contributed by atoms with E-state index in [1.807, 2.05) is 0 Å². The molecular weight excluding hydrogens is 310 g/mol. The van der Waals surface area contributed by atoms with Gasteiger partial charge >= 0.3 is 0 Å². The number of hydrogen-bond acceptors (Lipinski definition) is 4. The number of ketones is 1. The Kier molecular flexibility index (Phi) is 3.41. The minimum atomic E-state index is -0.115. The van der Waals surface area contributed by atoms with Crippen LogP contribution in [0.5, 0.6) is 0 Å². The standard InChI is InChI=1S/C17H17N3O2S/c1-10-4-5-11-14(7-10)23-16-15(11)17(22)20(9-19-16)8-13(21)12-3-2-6-18-12/h2-3,6,9-10,18H,4-5,7-8H2,1H3/t10-/m1/s1. The fourth-order valence-corrected chi connectivity index (χ4v) is 4.56. The van der Waals surface area contributed by atoms with Crippen molar-refractivity contribution in [2.24, 2.45) is 5.92 Å². The average molecular weight is 327 g/mol. The van der Waals surface area contributed by atoms with Crippen molar-refractivity contribution < 1.29 is 4.79 Å². The van der Waals surface area contributed by atoms with Gasteiger partial charge in [-0.1, -0.05) is 6.92 Å². The Morgan fingerprint density at radius 1 is 1.52 bits per heavy atom. The predicted molar refractivity (Wildman–Crippen MR) is 90.2 cm³/mol. The Labute approximate surface area is 137 Å². The van der Waals surface area contributed by atoms with Gasteiger partial charge in [-0.05, 0) is 42.9 Å². The van der Waals surface area contributed by atoms with Crippen molar-refractivity contribution in [1.82, 2.24) is 14.5 Å². The van der Waals surface area contributed by atoms with Gasteiger partial charge in [-0.15, -0.1) is 11.3 Å². The number of hydrogen-bond donors (Lipinski definition) is 1. The van der Waals surface area contributed by atoms with Gasteiger partial charge in [0.25, 0.3) is 5.56 Å². The van der Waals surface area contributed by atoms with Crippen LogP contribution in [-0.2, 0) is 19.4 Å². The third kappa shape index (κ3) is 2.43. The Morgan fingerprint density at radius 3 is 3.17 bits per heavy atom. The number of Topliss-reactive ketones (excluding diaryl/α,β-unsaturated/α-hetero) is 1. The lowest BCUT2D eigenvalue weighted by molar-refractivity contribution is 0.0966. The van der Waals surface area contributed by atoms with Gasteiger partial charge in [0.15, 0.2) is 5.78 Å². The highest BCUT2D eigenvalue weighted by Crippen LogP contribution is 2.35. The van der Waals surface area contributed by atoms with Crippen molar-refractivity contribution in [2.75, 3.05) is 0 Å². The SMILES string of the molecule is C[C@@H]1CCc2c(sc3ncn(CC(=O)c4ccc[nH]4)c(=O)c23)C1. The fourth-order valence-electron chi connectivity index (χ4n) is 3.22. The Hall–Kier alpha value is -2.21. The van der Waals surface area contributed by atoms with Gasteiger partial charge in [0, 0.05) is 11.1 Å². The van der Waals surface area contributed by atoms with E-state index < -0.39 is 0 Å². The monoisotopic (exact) mass is 327 g/mol. The summed E-state index contributed by atoms with van der Waals surface area (Å²) >= 11 is 1.63. The van der Waals surface area contributed by atoms with Crippen molar-refractivity contribution in [3.05, 3.63) is 51.1 Å². The summed E-state index contributed by atoms with van der Waals surface area (Å²) in [7, 11) is 0. The minimum absolute atomic E-state index is 0.0172. The van der Waals surface area contributed by atoms with Gasteiger partial charge in [0.05, 0.1) is 24.0 Å². The highest BCUT2D eigenvalue weighted by molar-refractivity contribution is 7.18. The maximum absolute atomic E-state index is 12.8. The molecule has 0 saturated heterocycles. The molecule has 4 rings (SSSR count). The molecule has 23 heavy (non-hydrogen) atoms. The first-order chi connectivity index (χ1) is 11.1. The molecule has 0 aromatic carbocycles. The molecular formula is C17H17N3O2S. The molecule has 0 bridgehead atoms. The third-order valence-corrected chi connectivity index (χ3v) is 5.66. The summed E-state index contributed by atoms with van der Waals surface area (Å²) in [4.78, 5) is 34.4. The molecule has 6 heteroatoms. The second kappa shape index (κ2) is 5.45. The van der Waals surface area contributed by atoms with E-state index in [-0.39, 0.29) is 17.9 Å². The Morgan fingerprint density at radius 2 is 2.39 bits per heavy atom. The summed E-state index contributed by atoms with van der Waals surface area (Å²) in [5.74, 6) is 0.545. The number of nitrogens with zero attached hydrogens (tertiary/aromatic N) is 2. The van der Waals surface area contributed by atoms with Crippen LogP contribution in [0.4, 0.5) is 0 Å². The molecule has 0 unspecified atom stereocenters. The third-order valence-electron chi connectivity index (χ3n) is 4.49. The molecule has 0 radical (unpaired) electrons. The molecule has 5 nitrogen and oxygen atoms in total. The van der Waals surface area contributed by atoms with Crippen LogP contribution in [-0.4, -0.2) is 20.3 Å². The number of aromatic nitrogens is 3. The molecule has 0 aliphatic heterocycles. The van der Waals surface area contributed by atoms with Crippen molar-refractivity contribution in [1.29, 1.82) is 0 Å². The van der Waals surface area contributed by atoms with Crippen LogP contribution in [0, 0.1) is 5.92 Å². The minimum Gasteiger partial charge on any atom is -0.359 e. The van der Waals surface area contributed by atoms with Gasteiger partial charge in [0.1, 0.15) is 4.83 Å². The smallest absolute Gasteiger partial charge is 0.262 e. The van der Waals surface area contributed by atoms with E-state index in [4.69, 9.17) is 0 Å². The highest BCUT2D eigenvalue weighted by Gasteiger charge is 2.23. The summed E-state index contributed by atoms with van der Waals surface area (Å²) in [6.07, 6.45) is 6.26. The number of H-pyrrole nitrogens is 1. The second-order valence-electron chi connectivity index (χ2n) is 6.22.